The smallest absolute Gasteiger partial charge is 0.147 e. The number of aromatic nitrogens is 2. The summed E-state index contributed by atoms with van der Waals surface area (Å²) in [5.41, 5.74) is 1.16. The SMILES string of the molecule is CC(C)CNCCCc1nnc(-c2ccc(I)cc2)s1. The third-order valence-corrected chi connectivity index (χ3v) is 4.61. The molecule has 0 saturated carbocycles. The lowest BCUT2D eigenvalue weighted by molar-refractivity contribution is 0.542. The minimum Gasteiger partial charge on any atom is -0.316 e. The maximum Gasteiger partial charge on any atom is 0.147 e. The largest absolute Gasteiger partial charge is 0.316 e. The van der Waals surface area contributed by atoms with Crippen LogP contribution in [0.15, 0.2) is 24.3 Å². The van der Waals surface area contributed by atoms with Crippen molar-refractivity contribution >= 4 is 33.9 Å². The van der Waals surface area contributed by atoms with Gasteiger partial charge in [-0.25, -0.2) is 0 Å². The summed E-state index contributed by atoms with van der Waals surface area (Å²) in [6.45, 7) is 6.59. The molecule has 3 nitrogen and oxygen atoms in total. The Morgan fingerprint density at radius 3 is 2.65 bits per heavy atom. The highest BCUT2D eigenvalue weighted by atomic mass is 127. The Bertz CT molecular complexity index is 522. The lowest BCUT2D eigenvalue weighted by Crippen LogP contribution is -2.21. The van der Waals surface area contributed by atoms with Crippen LogP contribution in [0.25, 0.3) is 10.6 Å². The van der Waals surface area contributed by atoms with Crippen molar-refractivity contribution in [1.82, 2.24) is 15.5 Å². The second-order valence-corrected chi connectivity index (χ2v) is 7.52. The van der Waals surface area contributed by atoms with Gasteiger partial charge >= 0.3 is 0 Å². The Kier molecular flexibility index (Phi) is 6.38. The molecule has 0 aliphatic carbocycles. The van der Waals surface area contributed by atoms with Gasteiger partial charge in [-0.2, -0.15) is 0 Å². The number of rotatable bonds is 7. The van der Waals surface area contributed by atoms with Gasteiger partial charge in [-0.1, -0.05) is 37.3 Å². The van der Waals surface area contributed by atoms with Gasteiger partial charge in [-0.3, -0.25) is 0 Å². The Balaban J connectivity index is 1.82. The number of hydrogen-bond donors (Lipinski definition) is 1. The van der Waals surface area contributed by atoms with E-state index in [0.717, 1.165) is 41.5 Å². The van der Waals surface area contributed by atoms with Gasteiger partial charge in [0.1, 0.15) is 10.0 Å². The molecule has 108 valence electrons. The molecule has 0 atom stereocenters. The summed E-state index contributed by atoms with van der Waals surface area (Å²) >= 11 is 4.02. The van der Waals surface area contributed by atoms with Gasteiger partial charge in [0.2, 0.25) is 0 Å². The van der Waals surface area contributed by atoms with E-state index in [0.29, 0.717) is 5.92 Å². The fourth-order valence-electron chi connectivity index (χ4n) is 1.82. The predicted molar refractivity (Wildman–Crippen MR) is 94.1 cm³/mol. The first-order valence-corrected chi connectivity index (χ1v) is 8.83. The normalized spacial score (nSPS) is 11.2. The van der Waals surface area contributed by atoms with E-state index in [4.69, 9.17) is 0 Å². The first kappa shape index (κ1) is 15.9. The molecule has 0 radical (unpaired) electrons. The fraction of sp³-hybridized carbons (Fsp3) is 0.467. The minimum absolute atomic E-state index is 0.712. The van der Waals surface area contributed by atoms with Crippen molar-refractivity contribution in [3.63, 3.8) is 0 Å². The third-order valence-electron chi connectivity index (χ3n) is 2.85. The molecule has 1 aromatic heterocycles. The van der Waals surface area contributed by atoms with Crippen LogP contribution in [0.1, 0.15) is 25.3 Å². The Morgan fingerprint density at radius 1 is 1.20 bits per heavy atom. The van der Waals surface area contributed by atoms with Gasteiger partial charge in [-0.05, 0) is 60.2 Å². The number of aryl methyl sites for hydroxylation is 1. The third kappa shape index (κ3) is 5.10. The van der Waals surface area contributed by atoms with E-state index in [1.165, 1.54) is 3.57 Å². The Labute approximate surface area is 138 Å². The van der Waals surface area contributed by atoms with Crippen LogP contribution in [0.4, 0.5) is 0 Å². The van der Waals surface area contributed by atoms with E-state index in [1.807, 2.05) is 0 Å². The summed E-state index contributed by atoms with van der Waals surface area (Å²) in [6.07, 6.45) is 2.13. The average molecular weight is 401 g/mol. The topological polar surface area (TPSA) is 37.8 Å². The van der Waals surface area contributed by atoms with E-state index in [2.05, 4.69) is 76.2 Å². The molecule has 0 spiro atoms. The summed E-state index contributed by atoms with van der Waals surface area (Å²) < 4.78 is 1.24. The number of benzene rings is 1. The Hall–Kier alpha value is -0.530. The maximum absolute atomic E-state index is 4.29. The monoisotopic (exact) mass is 401 g/mol. The molecule has 0 saturated heterocycles. The maximum atomic E-state index is 4.29. The molecule has 1 heterocycles. The number of nitrogens with one attached hydrogen (secondary N) is 1. The molecule has 2 aromatic rings. The lowest BCUT2D eigenvalue weighted by Gasteiger charge is -2.05. The molecule has 2 rings (SSSR count). The fourth-order valence-corrected chi connectivity index (χ4v) is 3.07. The number of nitrogens with zero attached hydrogens (tertiary/aromatic N) is 2. The lowest BCUT2D eigenvalue weighted by atomic mass is 10.2. The van der Waals surface area contributed by atoms with Crippen molar-refractivity contribution in [2.24, 2.45) is 5.92 Å². The van der Waals surface area contributed by atoms with Crippen molar-refractivity contribution in [3.8, 4) is 10.6 Å². The molecule has 0 amide bonds. The van der Waals surface area contributed by atoms with E-state index in [1.54, 1.807) is 11.3 Å². The van der Waals surface area contributed by atoms with Gasteiger partial charge in [0.15, 0.2) is 0 Å². The first-order valence-electron chi connectivity index (χ1n) is 6.94. The second kappa shape index (κ2) is 8.05. The second-order valence-electron chi connectivity index (χ2n) is 5.21. The van der Waals surface area contributed by atoms with E-state index < -0.39 is 0 Å². The first-order chi connectivity index (χ1) is 9.65. The summed E-state index contributed by atoms with van der Waals surface area (Å²) in [7, 11) is 0. The van der Waals surface area contributed by atoms with E-state index in [-0.39, 0.29) is 0 Å². The average Bonchev–Trinajstić information content (AvgIpc) is 2.87. The van der Waals surface area contributed by atoms with Crippen LogP contribution in [0.3, 0.4) is 0 Å². The molecular weight excluding hydrogens is 381 g/mol. The zero-order valence-electron chi connectivity index (χ0n) is 11.9. The van der Waals surface area contributed by atoms with E-state index >= 15 is 0 Å². The van der Waals surface area contributed by atoms with Crippen LogP contribution in [0.2, 0.25) is 0 Å². The quantitative estimate of drug-likeness (QED) is 0.563. The van der Waals surface area contributed by atoms with Gasteiger partial charge in [-0.15, -0.1) is 10.2 Å². The standard InChI is InChI=1S/C15H20IN3S/c1-11(2)10-17-9-3-4-14-18-19-15(20-14)12-5-7-13(16)8-6-12/h5-8,11,17H,3-4,9-10H2,1-2H3. The number of halogens is 1. The molecule has 0 fully saturated rings. The van der Waals surface area contributed by atoms with Crippen LogP contribution >= 0.6 is 33.9 Å². The minimum atomic E-state index is 0.712. The van der Waals surface area contributed by atoms with Crippen molar-refractivity contribution < 1.29 is 0 Å². The summed E-state index contributed by atoms with van der Waals surface area (Å²) in [6, 6.07) is 8.42. The highest BCUT2D eigenvalue weighted by Crippen LogP contribution is 2.24. The highest BCUT2D eigenvalue weighted by molar-refractivity contribution is 14.1. The molecular formula is C15H20IN3S. The van der Waals surface area contributed by atoms with Crippen molar-refractivity contribution in [2.75, 3.05) is 13.1 Å². The Morgan fingerprint density at radius 2 is 1.95 bits per heavy atom. The predicted octanol–water partition coefficient (Wildman–Crippen LogP) is 3.99. The van der Waals surface area contributed by atoms with Crippen molar-refractivity contribution in [2.45, 2.75) is 26.7 Å². The van der Waals surface area contributed by atoms with Crippen LogP contribution < -0.4 is 5.32 Å². The van der Waals surface area contributed by atoms with Gasteiger partial charge < -0.3 is 5.32 Å². The summed E-state index contributed by atoms with van der Waals surface area (Å²) in [5.74, 6) is 0.712. The van der Waals surface area contributed by atoms with Gasteiger partial charge in [0, 0.05) is 15.6 Å². The van der Waals surface area contributed by atoms with Crippen molar-refractivity contribution in [3.05, 3.63) is 32.8 Å². The molecule has 20 heavy (non-hydrogen) atoms. The molecule has 1 N–H and O–H groups in total. The highest BCUT2D eigenvalue weighted by Gasteiger charge is 2.06. The zero-order valence-corrected chi connectivity index (χ0v) is 14.9. The van der Waals surface area contributed by atoms with Crippen molar-refractivity contribution in [1.29, 1.82) is 0 Å². The van der Waals surface area contributed by atoms with Crippen LogP contribution in [0, 0.1) is 9.49 Å². The molecule has 0 unspecified atom stereocenters. The van der Waals surface area contributed by atoms with Gasteiger partial charge in [0.05, 0.1) is 0 Å². The molecule has 1 aromatic carbocycles. The summed E-state index contributed by atoms with van der Waals surface area (Å²) in [4.78, 5) is 0. The zero-order chi connectivity index (χ0) is 14.4. The summed E-state index contributed by atoms with van der Waals surface area (Å²) in [5, 5.41) is 14.2. The van der Waals surface area contributed by atoms with Gasteiger partial charge in [0.25, 0.3) is 0 Å². The van der Waals surface area contributed by atoms with Crippen LogP contribution in [-0.2, 0) is 6.42 Å². The van der Waals surface area contributed by atoms with E-state index in [9.17, 15) is 0 Å². The molecule has 0 aliphatic heterocycles. The number of hydrogen-bond acceptors (Lipinski definition) is 4. The molecule has 0 bridgehead atoms. The molecule has 5 heteroatoms. The molecule has 0 aliphatic rings. The van der Waals surface area contributed by atoms with Crippen LogP contribution in [-0.4, -0.2) is 23.3 Å². The van der Waals surface area contributed by atoms with Crippen LogP contribution in [0.5, 0.6) is 0 Å².